The Bertz CT molecular complexity index is 604. The molecule has 0 unspecified atom stereocenters. The Morgan fingerprint density at radius 1 is 1.05 bits per heavy atom. The van der Waals surface area contributed by atoms with E-state index in [-0.39, 0.29) is 17.2 Å². The van der Waals surface area contributed by atoms with E-state index in [9.17, 15) is 16.8 Å². The van der Waals surface area contributed by atoms with Crippen molar-refractivity contribution in [1.29, 1.82) is 0 Å². The van der Waals surface area contributed by atoms with E-state index in [4.69, 9.17) is 0 Å². The standard InChI is InChI=1S/C12H19NO4S2/c1-3-4-9-19(16,17)13-10-11-5-7-12(8-6-11)18(2,14)15/h5-8,13H,3-4,9-10H2,1-2H3. The number of nitrogens with one attached hydrogen (secondary N) is 1. The second-order valence-corrected chi connectivity index (χ2v) is 8.35. The van der Waals surface area contributed by atoms with Crippen molar-refractivity contribution in [2.24, 2.45) is 0 Å². The third-order valence-corrected chi connectivity index (χ3v) is 5.15. The number of benzene rings is 1. The van der Waals surface area contributed by atoms with Crippen LogP contribution in [-0.4, -0.2) is 28.8 Å². The van der Waals surface area contributed by atoms with Crippen LogP contribution in [0.1, 0.15) is 25.3 Å². The number of unbranched alkanes of at least 4 members (excludes halogenated alkanes) is 1. The minimum Gasteiger partial charge on any atom is -0.224 e. The molecule has 0 fully saturated rings. The van der Waals surface area contributed by atoms with Crippen molar-refractivity contribution in [2.75, 3.05) is 12.0 Å². The molecule has 0 bridgehead atoms. The lowest BCUT2D eigenvalue weighted by Crippen LogP contribution is -2.25. The first-order valence-corrected chi connectivity index (χ1v) is 9.55. The fourth-order valence-electron chi connectivity index (χ4n) is 1.45. The van der Waals surface area contributed by atoms with Crippen LogP contribution >= 0.6 is 0 Å². The predicted octanol–water partition coefficient (Wildman–Crippen LogP) is 1.31. The van der Waals surface area contributed by atoms with Crippen molar-refractivity contribution in [3.63, 3.8) is 0 Å². The van der Waals surface area contributed by atoms with Gasteiger partial charge in [0.2, 0.25) is 10.0 Å². The maximum atomic E-state index is 11.6. The lowest BCUT2D eigenvalue weighted by atomic mass is 10.2. The Morgan fingerprint density at radius 2 is 1.63 bits per heavy atom. The predicted molar refractivity (Wildman–Crippen MR) is 75.1 cm³/mol. The van der Waals surface area contributed by atoms with Crippen molar-refractivity contribution >= 4 is 19.9 Å². The molecular weight excluding hydrogens is 286 g/mol. The molecule has 0 saturated carbocycles. The van der Waals surface area contributed by atoms with Crippen molar-refractivity contribution < 1.29 is 16.8 Å². The van der Waals surface area contributed by atoms with E-state index in [0.29, 0.717) is 6.42 Å². The first-order chi connectivity index (χ1) is 8.74. The molecule has 0 aliphatic rings. The summed E-state index contributed by atoms with van der Waals surface area (Å²) in [7, 11) is -6.46. The second-order valence-electron chi connectivity index (χ2n) is 4.41. The largest absolute Gasteiger partial charge is 0.224 e. The molecule has 0 aliphatic heterocycles. The summed E-state index contributed by atoms with van der Waals surface area (Å²) in [6.45, 7) is 2.11. The molecule has 0 radical (unpaired) electrons. The van der Waals surface area contributed by atoms with E-state index >= 15 is 0 Å². The lowest BCUT2D eigenvalue weighted by Gasteiger charge is -2.06. The maximum absolute atomic E-state index is 11.6. The molecule has 5 nitrogen and oxygen atoms in total. The first kappa shape index (κ1) is 16.1. The summed E-state index contributed by atoms with van der Waals surface area (Å²) in [5.74, 6) is 0.116. The summed E-state index contributed by atoms with van der Waals surface area (Å²) in [5.41, 5.74) is 0.729. The van der Waals surface area contributed by atoms with Crippen LogP contribution in [0.25, 0.3) is 0 Å². The van der Waals surface area contributed by atoms with Crippen LogP contribution in [0.4, 0.5) is 0 Å². The van der Waals surface area contributed by atoms with Crippen LogP contribution in [0.5, 0.6) is 0 Å². The molecule has 0 aromatic heterocycles. The molecule has 1 aromatic rings. The Labute approximate surface area is 115 Å². The van der Waals surface area contributed by atoms with Crippen LogP contribution in [0.2, 0.25) is 0 Å². The highest BCUT2D eigenvalue weighted by Gasteiger charge is 2.10. The third kappa shape index (κ3) is 5.71. The maximum Gasteiger partial charge on any atom is 0.211 e. The highest BCUT2D eigenvalue weighted by atomic mass is 32.2. The molecule has 0 heterocycles. The second kappa shape index (κ2) is 6.49. The van der Waals surface area contributed by atoms with E-state index in [2.05, 4.69) is 4.72 Å². The molecule has 0 saturated heterocycles. The van der Waals surface area contributed by atoms with E-state index in [1.54, 1.807) is 12.1 Å². The Morgan fingerprint density at radius 3 is 2.11 bits per heavy atom. The zero-order valence-electron chi connectivity index (χ0n) is 11.1. The SMILES string of the molecule is CCCCS(=O)(=O)NCc1ccc(S(C)(=O)=O)cc1. The number of sulfone groups is 1. The Balaban J connectivity index is 2.65. The molecule has 1 rings (SSSR count). The van der Waals surface area contributed by atoms with E-state index in [1.165, 1.54) is 12.1 Å². The topological polar surface area (TPSA) is 80.3 Å². The molecule has 0 spiro atoms. The van der Waals surface area contributed by atoms with E-state index < -0.39 is 19.9 Å². The normalized spacial score (nSPS) is 12.5. The molecular formula is C12H19NO4S2. The summed E-state index contributed by atoms with van der Waals surface area (Å²) in [5, 5.41) is 0. The van der Waals surface area contributed by atoms with Gasteiger partial charge in [-0.2, -0.15) is 0 Å². The summed E-state index contributed by atoms with van der Waals surface area (Å²) in [6, 6.07) is 6.17. The van der Waals surface area contributed by atoms with Gasteiger partial charge in [-0.15, -0.1) is 0 Å². The number of hydrogen-bond acceptors (Lipinski definition) is 4. The van der Waals surface area contributed by atoms with Gasteiger partial charge in [-0.3, -0.25) is 0 Å². The molecule has 0 aliphatic carbocycles. The lowest BCUT2D eigenvalue weighted by molar-refractivity contribution is 0.577. The van der Waals surface area contributed by atoms with Crippen LogP contribution in [-0.2, 0) is 26.4 Å². The van der Waals surface area contributed by atoms with Gasteiger partial charge in [0, 0.05) is 12.8 Å². The fourth-order valence-corrected chi connectivity index (χ4v) is 3.28. The number of rotatable bonds is 7. The summed E-state index contributed by atoms with van der Waals surface area (Å²) >= 11 is 0. The van der Waals surface area contributed by atoms with Crippen molar-refractivity contribution in [3.8, 4) is 0 Å². The minimum atomic E-state index is -3.25. The van der Waals surface area contributed by atoms with Gasteiger partial charge in [0.15, 0.2) is 9.84 Å². The highest BCUT2D eigenvalue weighted by Crippen LogP contribution is 2.10. The zero-order chi connectivity index (χ0) is 14.5. The molecule has 7 heteroatoms. The fraction of sp³-hybridized carbons (Fsp3) is 0.500. The summed E-state index contributed by atoms with van der Waals surface area (Å²) in [4.78, 5) is 0.227. The molecule has 108 valence electrons. The van der Waals surface area contributed by atoms with Crippen LogP contribution < -0.4 is 4.72 Å². The zero-order valence-corrected chi connectivity index (χ0v) is 12.7. The molecule has 1 aromatic carbocycles. The van der Waals surface area contributed by atoms with Crippen LogP contribution in [0, 0.1) is 0 Å². The van der Waals surface area contributed by atoms with Gasteiger partial charge in [0.25, 0.3) is 0 Å². The quantitative estimate of drug-likeness (QED) is 0.823. The average Bonchev–Trinajstić information content (AvgIpc) is 2.34. The summed E-state index contributed by atoms with van der Waals surface area (Å²) in [6.07, 6.45) is 2.59. The molecule has 19 heavy (non-hydrogen) atoms. The van der Waals surface area contributed by atoms with Crippen molar-refractivity contribution in [1.82, 2.24) is 4.72 Å². The van der Waals surface area contributed by atoms with Gasteiger partial charge in [-0.1, -0.05) is 25.5 Å². The van der Waals surface area contributed by atoms with Gasteiger partial charge < -0.3 is 0 Å². The van der Waals surface area contributed by atoms with Crippen LogP contribution in [0.15, 0.2) is 29.2 Å². The van der Waals surface area contributed by atoms with Gasteiger partial charge >= 0.3 is 0 Å². The Kier molecular flexibility index (Phi) is 5.51. The minimum absolute atomic E-state index is 0.116. The van der Waals surface area contributed by atoms with E-state index in [0.717, 1.165) is 18.2 Å². The van der Waals surface area contributed by atoms with Gasteiger partial charge in [0.1, 0.15) is 0 Å². The average molecular weight is 305 g/mol. The monoisotopic (exact) mass is 305 g/mol. The molecule has 0 amide bonds. The summed E-state index contributed by atoms with van der Waals surface area (Å²) < 4.78 is 48.2. The van der Waals surface area contributed by atoms with Crippen molar-refractivity contribution in [3.05, 3.63) is 29.8 Å². The first-order valence-electron chi connectivity index (χ1n) is 6.01. The van der Waals surface area contributed by atoms with Gasteiger partial charge in [0.05, 0.1) is 10.6 Å². The number of hydrogen-bond donors (Lipinski definition) is 1. The molecule has 0 atom stereocenters. The van der Waals surface area contributed by atoms with Crippen LogP contribution in [0.3, 0.4) is 0 Å². The molecule has 1 N–H and O–H groups in total. The number of sulfonamides is 1. The van der Waals surface area contributed by atoms with E-state index in [1.807, 2.05) is 6.92 Å². The highest BCUT2D eigenvalue weighted by molar-refractivity contribution is 7.90. The van der Waals surface area contributed by atoms with Gasteiger partial charge in [-0.25, -0.2) is 21.6 Å². The van der Waals surface area contributed by atoms with Crippen molar-refractivity contribution in [2.45, 2.75) is 31.2 Å². The van der Waals surface area contributed by atoms with Gasteiger partial charge in [-0.05, 0) is 24.1 Å². The Hall–Kier alpha value is -0.920. The third-order valence-electron chi connectivity index (χ3n) is 2.61. The smallest absolute Gasteiger partial charge is 0.211 e.